The first-order chi connectivity index (χ1) is 18.7. The van der Waals surface area contributed by atoms with E-state index in [2.05, 4.69) is 30.2 Å². The van der Waals surface area contributed by atoms with Crippen molar-refractivity contribution in [2.24, 2.45) is 0 Å². The molecule has 1 saturated heterocycles. The molecule has 0 radical (unpaired) electrons. The van der Waals surface area contributed by atoms with Crippen LogP contribution in [0.4, 0.5) is 26.2 Å². The number of hydrogen-bond acceptors (Lipinski definition) is 8. The van der Waals surface area contributed by atoms with Crippen molar-refractivity contribution < 1.29 is 23.4 Å². The molecular formula is C27H29F2N7O3. The fourth-order valence-electron chi connectivity index (χ4n) is 4.86. The fourth-order valence-corrected chi connectivity index (χ4v) is 4.86. The summed E-state index contributed by atoms with van der Waals surface area (Å²) in [6.07, 6.45) is 3.06. The highest BCUT2D eigenvalue weighted by molar-refractivity contribution is 5.83. The Morgan fingerprint density at radius 1 is 1.18 bits per heavy atom. The average molecular weight is 538 g/mol. The lowest BCUT2D eigenvalue weighted by Gasteiger charge is -2.34. The highest BCUT2D eigenvalue weighted by Crippen LogP contribution is 2.30. The Morgan fingerprint density at radius 3 is 2.72 bits per heavy atom. The van der Waals surface area contributed by atoms with E-state index in [1.807, 2.05) is 31.4 Å². The van der Waals surface area contributed by atoms with Crippen molar-refractivity contribution in [3.05, 3.63) is 54.1 Å². The number of carboxylic acids is 1. The first-order valence-electron chi connectivity index (χ1n) is 12.7. The van der Waals surface area contributed by atoms with Crippen LogP contribution in [0.3, 0.4) is 0 Å². The number of fused-ring (bicyclic) bond motifs is 1. The highest BCUT2D eigenvalue weighted by atomic mass is 19.1. The summed E-state index contributed by atoms with van der Waals surface area (Å²) >= 11 is 0. The molecule has 1 fully saturated rings. The third-order valence-electron chi connectivity index (χ3n) is 6.63. The van der Waals surface area contributed by atoms with Gasteiger partial charge in [-0.15, -0.1) is 0 Å². The largest absolute Gasteiger partial charge is 0.481 e. The number of anilines is 3. The normalized spacial score (nSPS) is 15.7. The molecule has 1 aliphatic heterocycles. The van der Waals surface area contributed by atoms with Gasteiger partial charge in [0.2, 0.25) is 5.95 Å². The van der Waals surface area contributed by atoms with Crippen LogP contribution in [0, 0.1) is 18.6 Å². The standard InChI is InChI=1S/C27H29F2N7O3/c1-15(2)36-16(3)32-26-20(28)10-17(11-22(26)36)25-21(29)13-31-27(34-25)33-23-6-4-18(12-30-23)35-8-9-39-19(14-35)5-7-24(37)38/h4,6,10-13,15,19H,5,7-9,14H2,1-3H3,(H,37,38)(H,30,31,33,34)/t19-/m0/s1. The van der Waals surface area contributed by atoms with E-state index >= 15 is 0 Å². The second-order valence-corrected chi connectivity index (χ2v) is 9.74. The molecule has 4 aromatic rings. The number of aromatic nitrogens is 5. The number of benzene rings is 1. The van der Waals surface area contributed by atoms with Crippen LogP contribution in [0.15, 0.2) is 36.7 Å². The molecule has 2 N–H and O–H groups in total. The van der Waals surface area contributed by atoms with Gasteiger partial charge in [0.1, 0.15) is 22.9 Å². The van der Waals surface area contributed by atoms with Gasteiger partial charge in [0, 0.05) is 31.1 Å². The molecule has 1 aromatic carbocycles. The number of nitrogens with one attached hydrogen (secondary N) is 1. The lowest BCUT2D eigenvalue weighted by molar-refractivity contribution is -0.137. The number of hydrogen-bond donors (Lipinski definition) is 2. The number of halogens is 2. The van der Waals surface area contributed by atoms with Gasteiger partial charge >= 0.3 is 5.97 Å². The number of aliphatic carboxylic acids is 1. The van der Waals surface area contributed by atoms with E-state index in [1.165, 1.54) is 6.07 Å². The molecule has 0 unspecified atom stereocenters. The number of rotatable bonds is 8. The Morgan fingerprint density at radius 2 is 2.00 bits per heavy atom. The molecule has 0 saturated carbocycles. The van der Waals surface area contributed by atoms with Crippen molar-refractivity contribution in [2.45, 2.75) is 45.8 Å². The summed E-state index contributed by atoms with van der Waals surface area (Å²) in [5.74, 6) is -0.850. The van der Waals surface area contributed by atoms with Gasteiger partial charge in [-0.3, -0.25) is 4.79 Å². The van der Waals surface area contributed by atoms with Gasteiger partial charge in [-0.2, -0.15) is 0 Å². The number of nitrogens with zero attached hydrogens (tertiary/aromatic N) is 6. The van der Waals surface area contributed by atoms with E-state index in [0.29, 0.717) is 43.3 Å². The molecule has 0 spiro atoms. The third-order valence-corrected chi connectivity index (χ3v) is 6.63. The van der Waals surface area contributed by atoms with Crippen LogP contribution < -0.4 is 10.2 Å². The van der Waals surface area contributed by atoms with Gasteiger partial charge in [-0.25, -0.2) is 28.7 Å². The number of carboxylic acid groups (broad SMARTS) is 1. The lowest BCUT2D eigenvalue weighted by atomic mass is 10.1. The molecule has 0 bridgehead atoms. The minimum atomic E-state index is -0.845. The topological polar surface area (TPSA) is 118 Å². The van der Waals surface area contributed by atoms with E-state index in [1.54, 1.807) is 18.3 Å². The molecule has 1 aliphatic rings. The maximum atomic E-state index is 15.0. The summed E-state index contributed by atoms with van der Waals surface area (Å²) in [5.41, 5.74) is 1.90. The number of pyridine rings is 1. The molecular weight excluding hydrogens is 508 g/mol. The number of morpholine rings is 1. The van der Waals surface area contributed by atoms with Gasteiger partial charge in [-0.1, -0.05) is 0 Å². The molecule has 0 aliphatic carbocycles. The van der Waals surface area contributed by atoms with E-state index in [0.717, 1.165) is 11.9 Å². The Hall–Kier alpha value is -4.19. The van der Waals surface area contributed by atoms with Gasteiger partial charge < -0.3 is 24.6 Å². The molecule has 39 heavy (non-hydrogen) atoms. The minimum absolute atomic E-state index is 0.0410. The van der Waals surface area contributed by atoms with Crippen molar-refractivity contribution in [1.29, 1.82) is 0 Å². The molecule has 1 atom stereocenters. The number of aryl methyl sites for hydroxylation is 1. The van der Waals surface area contributed by atoms with Gasteiger partial charge in [0.15, 0.2) is 11.6 Å². The Kier molecular flexibility index (Phi) is 7.38. The number of carbonyl (C=O) groups is 1. The summed E-state index contributed by atoms with van der Waals surface area (Å²) < 4.78 is 37.3. The third kappa shape index (κ3) is 5.65. The van der Waals surface area contributed by atoms with Crippen LogP contribution in [0.5, 0.6) is 0 Å². The first-order valence-corrected chi connectivity index (χ1v) is 12.7. The van der Waals surface area contributed by atoms with Crippen LogP contribution in [-0.2, 0) is 9.53 Å². The van der Waals surface area contributed by atoms with Crippen LogP contribution in [0.2, 0.25) is 0 Å². The van der Waals surface area contributed by atoms with Crippen LogP contribution in [0.1, 0.15) is 38.6 Å². The second kappa shape index (κ2) is 10.9. The van der Waals surface area contributed by atoms with Crippen LogP contribution in [0.25, 0.3) is 22.3 Å². The van der Waals surface area contributed by atoms with E-state index < -0.39 is 17.6 Å². The van der Waals surface area contributed by atoms with Crippen molar-refractivity contribution >= 4 is 34.5 Å². The quantitative estimate of drug-likeness (QED) is 0.325. The maximum Gasteiger partial charge on any atom is 0.303 e. The van der Waals surface area contributed by atoms with Crippen molar-refractivity contribution in [1.82, 2.24) is 24.5 Å². The summed E-state index contributed by atoms with van der Waals surface area (Å²) in [6, 6.07) is 6.58. The van der Waals surface area contributed by atoms with Crippen LogP contribution >= 0.6 is 0 Å². The predicted molar refractivity (Wildman–Crippen MR) is 142 cm³/mol. The zero-order chi connectivity index (χ0) is 27.7. The summed E-state index contributed by atoms with van der Waals surface area (Å²) in [6.45, 7) is 7.49. The minimum Gasteiger partial charge on any atom is -0.481 e. The number of imidazole rings is 1. The molecule has 12 heteroatoms. The molecule has 0 amide bonds. The van der Waals surface area contributed by atoms with Crippen LogP contribution in [-0.4, -0.2) is 61.4 Å². The smallest absolute Gasteiger partial charge is 0.303 e. The molecule has 204 valence electrons. The number of ether oxygens (including phenoxy) is 1. The van der Waals surface area contributed by atoms with Crippen molar-refractivity contribution in [3.63, 3.8) is 0 Å². The van der Waals surface area contributed by atoms with E-state index in [9.17, 15) is 13.6 Å². The first kappa shape index (κ1) is 26.4. The Balaban J connectivity index is 1.35. The molecule has 5 rings (SSSR count). The highest BCUT2D eigenvalue weighted by Gasteiger charge is 2.22. The average Bonchev–Trinajstić information content (AvgIpc) is 3.26. The molecule has 3 aromatic heterocycles. The summed E-state index contributed by atoms with van der Waals surface area (Å²) in [5, 5.41) is 11.9. The molecule has 10 nitrogen and oxygen atoms in total. The monoisotopic (exact) mass is 537 g/mol. The van der Waals surface area contributed by atoms with Crippen molar-refractivity contribution in [3.8, 4) is 11.3 Å². The summed E-state index contributed by atoms with van der Waals surface area (Å²) in [7, 11) is 0. The Bertz CT molecular complexity index is 1510. The maximum absolute atomic E-state index is 15.0. The van der Waals surface area contributed by atoms with Gasteiger partial charge in [-0.05, 0) is 51.5 Å². The SMILES string of the molecule is Cc1nc2c(F)cc(-c3nc(Nc4ccc(N5CCO[C@@H](CCC(=O)O)C5)cn4)ncc3F)cc2n1C(C)C. The second-order valence-electron chi connectivity index (χ2n) is 9.74. The zero-order valence-corrected chi connectivity index (χ0v) is 21.9. The van der Waals surface area contributed by atoms with Gasteiger partial charge in [0.25, 0.3) is 0 Å². The lowest BCUT2D eigenvalue weighted by Crippen LogP contribution is -2.42. The fraction of sp³-hybridized carbons (Fsp3) is 0.370. The van der Waals surface area contributed by atoms with Crippen molar-refractivity contribution in [2.75, 3.05) is 29.9 Å². The van der Waals surface area contributed by atoms with E-state index in [4.69, 9.17) is 9.84 Å². The van der Waals surface area contributed by atoms with E-state index in [-0.39, 0.29) is 41.3 Å². The summed E-state index contributed by atoms with van der Waals surface area (Å²) in [4.78, 5) is 30.1. The molecule has 4 heterocycles. The van der Waals surface area contributed by atoms with Gasteiger partial charge in [0.05, 0.1) is 36.3 Å². The zero-order valence-electron chi connectivity index (χ0n) is 21.9. The Labute approximate surface area is 223 Å². The predicted octanol–water partition coefficient (Wildman–Crippen LogP) is 4.87.